The molecule has 0 radical (unpaired) electrons. The third kappa shape index (κ3) is 3.53. The molecular weight excluding hydrogens is 246 g/mol. The van der Waals surface area contributed by atoms with Crippen LogP contribution >= 0.6 is 0 Å². The molecule has 0 aliphatic rings. The van der Waals surface area contributed by atoms with Crippen molar-refractivity contribution in [2.45, 2.75) is 26.4 Å². The molecule has 0 fully saturated rings. The molecule has 1 nitrogen and oxygen atoms in total. The molecule has 0 N–H and O–H groups in total. The molecule has 2 rings (SSSR count). The van der Waals surface area contributed by atoms with Gasteiger partial charge in [-0.05, 0) is 36.2 Å². The molecule has 100 valence electrons. The van der Waals surface area contributed by atoms with Crippen molar-refractivity contribution in [3.63, 3.8) is 0 Å². The van der Waals surface area contributed by atoms with Crippen molar-refractivity contribution in [3.05, 3.63) is 65.2 Å². The van der Waals surface area contributed by atoms with Gasteiger partial charge in [-0.25, -0.2) is 8.78 Å². The average Bonchev–Trinajstić information content (AvgIpc) is 2.40. The van der Waals surface area contributed by atoms with Gasteiger partial charge in [-0.3, -0.25) is 0 Å². The van der Waals surface area contributed by atoms with Crippen LogP contribution in [-0.2, 0) is 13.0 Å². The summed E-state index contributed by atoms with van der Waals surface area (Å²) in [6.45, 7) is 2.01. The Labute approximate surface area is 111 Å². The molecule has 0 amide bonds. The number of benzene rings is 2. The van der Waals surface area contributed by atoms with Crippen molar-refractivity contribution in [2.24, 2.45) is 0 Å². The number of rotatable bonds is 5. The van der Waals surface area contributed by atoms with Crippen LogP contribution in [0.3, 0.4) is 0 Å². The van der Waals surface area contributed by atoms with Gasteiger partial charge in [-0.2, -0.15) is 0 Å². The Bertz CT molecular complexity index is 515. The van der Waals surface area contributed by atoms with Gasteiger partial charge in [0.2, 0.25) is 0 Å². The van der Waals surface area contributed by atoms with Crippen molar-refractivity contribution in [2.75, 3.05) is 0 Å². The Morgan fingerprint density at radius 3 is 2.16 bits per heavy atom. The summed E-state index contributed by atoms with van der Waals surface area (Å²) in [5, 5.41) is 0. The Kier molecular flexibility index (Phi) is 4.50. The van der Waals surface area contributed by atoms with E-state index in [4.69, 9.17) is 4.74 Å². The van der Waals surface area contributed by atoms with Gasteiger partial charge >= 0.3 is 0 Å². The normalized spacial score (nSPS) is 10.5. The van der Waals surface area contributed by atoms with Gasteiger partial charge in [0.1, 0.15) is 24.0 Å². The molecule has 0 saturated heterocycles. The zero-order valence-corrected chi connectivity index (χ0v) is 10.8. The monoisotopic (exact) mass is 262 g/mol. The fraction of sp³-hybridized carbons (Fsp3) is 0.250. The average molecular weight is 262 g/mol. The molecule has 0 unspecified atom stereocenters. The number of halogens is 2. The number of aryl methyl sites for hydroxylation is 1. The molecule has 0 bridgehead atoms. The summed E-state index contributed by atoms with van der Waals surface area (Å²) in [6.07, 6.45) is 2.10. The largest absolute Gasteiger partial charge is 0.489 e. The van der Waals surface area contributed by atoms with E-state index < -0.39 is 11.6 Å². The molecule has 0 spiro atoms. The minimum absolute atomic E-state index is 0.0415. The van der Waals surface area contributed by atoms with Gasteiger partial charge in [-0.15, -0.1) is 0 Å². The van der Waals surface area contributed by atoms with E-state index in [0.29, 0.717) is 5.75 Å². The van der Waals surface area contributed by atoms with Crippen molar-refractivity contribution < 1.29 is 13.5 Å². The van der Waals surface area contributed by atoms with E-state index in [1.165, 1.54) is 23.8 Å². The second kappa shape index (κ2) is 6.32. The Balaban J connectivity index is 2.02. The van der Waals surface area contributed by atoms with Gasteiger partial charge < -0.3 is 4.74 Å². The maximum Gasteiger partial charge on any atom is 0.132 e. The van der Waals surface area contributed by atoms with Gasteiger partial charge in [0.15, 0.2) is 0 Å². The Morgan fingerprint density at radius 2 is 1.58 bits per heavy atom. The molecule has 3 heteroatoms. The number of hydrogen-bond donors (Lipinski definition) is 0. The summed E-state index contributed by atoms with van der Waals surface area (Å²) in [6, 6.07) is 11.4. The van der Waals surface area contributed by atoms with E-state index in [9.17, 15) is 8.78 Å². The van der Waals surface area contributed by atoms with E-state index in [0.717, 1.165) is 12.8 Å². The van der Waals surface area contributed by atoms with Crippen LogP contribution in [0, 0.1) is 11.6 Å². The lowest BCUT2D eigenvalue weighted by atomic mass is 10.1. The zero-order valence-electron chi connectivity index (χ0n) is 10.8. The predicted octanol–water partition coefficient (Wildman–Crippen LogP) is 4.50. The van der Waals surface area contributed by atoms with Gasteiger partial charge in [0.05, 0.1) is 5.56 Å². The highest BCUT2D eigenvalue weighted by Crippen LogP contribution is 2.18. The highest BCUT2D eigenvalue weighted by Gasteiger charge is 2.08. The number of hydrogen-bond acceptors (Lipinski definition) is 1. The van der Waals surface area contributed by atoms with Crippen LogP contribution in [0.15, 0.2) is 42.5 Å². The maximum absolute atomic E-state index is 13.4. The molecule has 0 atom stereocenters. The molecule has 0 saturated carbocycles. The highest BCUT2D eigenvalue weighted by molar-refractivity contribution is 5.28. The smallest absolute Gasteiger partial charge is 0.132 e. The Hall–Kier alpha value is -1.90. The summed E-state index contributed by atoms with van der Waals surface area (Å²) >= 11 is 0. The van der Waals surface area contributed by atoms with Gasteiger partial charge in [-0.1, -0.05) is 31.5 Å². The summed E-state index contributed by atoms with van der Waals surface area (Å²) < 4.78 is 32.2. The molecular formula is C16H16F2O. The quantitative estimate of drug-likeness (QED) is 0.771. The van der Waals surface area contributed by atoms with E-state index in [1.54, 1.807) is 0 Å². The summed E-state index contributed by atoms with van der Waals surface area (Å²) in [7, 11) is 0. The van der Waals surface area contributed by atoms with Crippen molar-refractivity contribution in [1.29, 1.82) is 0 Å². The molecule has 2 aromatic carbocycles. The third-order valence-electron chi connectivity index (χ3n) is 2.91. The van der Waals surface area contributed by atoms with Crippen LogP contribution in [0.5, 0.6) is 5.75 Å². The lowest BCUT2D eigenvalue weighted by molar-refractivity contribution is 0.292. The second-order valence-electron chi connectivity index (χ2n) is 4.38. The van der Waals surface area contributed by atoms with Crippen LogP contribution < -0.4 is 4.74 Å². The SMILES string of the molecule is CCCc1ccc(OCc2c(F)cccc2F)cc1. The first-order valence-corrected chi connectivity index (χ1v) is 6.35. The summed E-state index contributed by atoms with van der Waals surface area (Å²) in [5.41, 5.74) is 1.19. The Morgan fingerprint density at radius 1 is 0.947 bits per heavy atom. The molecule has 19 heavy (non-hydrogen) atoms. The fourth-order valence-electron chi connectivity index (χ4n) is 1.87. The lowest BCUT2D eigenvalue weighted by Crippen LogP contribution is -2.01. The summed E-state index contributed by atoms with van der Waals surface area (Å²) in [5.74, 6) is -0.548. The number of ether oxygens (including phenoxy) is 1. The molecule has 0 aromatic heterocycles. The first-order valence-electron chi connectivity index (χ1n) is 6.35. The van der Waals surface area contributed by atoms with Crippen LogP contribution in [0.2, 0.25) is 0 Å². The van der Waals surface area contributed by atoms with E-state index in [-0.39, 0.29) is 12.2 Å². The molecule has 2 aromatic rings. The van der Waals surface area contributed by atoms with Crippen LogP contribution in [0.1, 0.15) is 24.5 Å². The first kappa shape index (κ1) is 13.5. The molecule has 0 heterocycles. The first-order chi connectivity index (χ1) is 9.20. The minimum Gasteiger partial charge on any atom is -0.489 e. The van der Waals surface area contributed by atoms with Crippen LogP contribution in [0.4, 0.5) is 8.78 Å². The minimum atomic E-state index is -0.581. The second-order valence-corrected chi connectivity index (χ2v) is 4.38. The van der Waals surface area contributed by atoms with E-state index in [1.807, 2.05) is 24.3 Å². The topological polar surface area (TPSA) is 9.23 Å². The van der Waals surface area contributed by atoms with Crippen LogP contribution in [0.25, 0.3) is 0 Å². The van der Waals surface area contributed by atoms with E-state index in [2.05, 4.69) is 6.92 Å². The fourth-order valence-corrected chi connectivity index (χ4v) is 1.87. The lowest BCUT2D eigenvalue weighted by Gasteiger charge is -2.08. The van der Waals surface area contributed by atoms with Gasteiger partial charge in [0.25, 0.3) is 0 Å². The standard InChI is InChI=1S/C16H16F2O/c1-2-4-12-7-9-13(10-8-12)19-11-14-15(17)5-3-6-16(14)18/h3,5-10H,2,4,11H2,1H3. The zero-order chi connectivity index (χ0) is 13.7. The van der Waals surface area contributed by atoms with Crippen molar-refractivity contribution in [1.82, 2.24) is 0 Å². The van der Waals surface area contributed by atoms with E-state index >= 15 is 0 Å². The summed E-state index contributed by atoms with van der Waals surface area (Å²) in [4.78, 5) is 0. The predicted molar refractivity (Wildman–Crippen MR) is 71.1 cm³/mol. The highest BCUT2D eigenvalue weighted by atomic mass is 19.1. The van der Waals surface area contributed by atoms with Crippen molar-refractivity contribution >= 4 is 0 Å². The third-order valence-corrected chi connectivity index (χ3v) is 2.91. The van der Waals surface area contributed by atoms with Gasteiger partial charge in [0, 0.05) is 0 Å². The molecule has 0 aliphatic carbocycles. The molecule has 0 aliphatic heterocycles. The van der Waals surface area contributed by atoms with Crippen molar-refractivity contribution in [3.8, 4) is 5.75 Å². The van der Waals surface area contributed by atoms with Crippen LogP contribution in [-0.4, -0.2) is 0 Å². The maximum atomic E-state index is 13.4.